The van der Waals surface area contributed by atoms with Gasteiger partial charge in [-0.3, -0.25) is 14.4 Å². The Balaban J connectivity index is 2.08. The molecule has 0 bridgehead atoms. The minimum atomic E-state index is -0.883. The average Bonchev–Trinajstić information content (AvgIpc) is 2.56. The quantitative estimate of drug-likeness (QED) is 0.773. The highest BCUT2D eigenvalue weighted by Gasteiger charge is 2.18. The second kappa shape index (κ2) is 7.81. The molecule has 2 rings (SSSR count). The number of amides is 2. The number of halogens is 1. The van der Waals surface area contributed by atoms with Crippen molar-refractivity contribution in [3.05, 3.63) is 58.6 Å². The molecule has 0 aliphatic heterocycles. The maximum atomic E-state index is 12.2. The first-order valence-corrected chi connectivity index (χ1v) is 7.83. The molecule has 2 aromatic rings. The van der Waals surface area contributed by atoms with E-state index in [4.69, 9.17) is 22.1 Å². The summed E-state index contributed by atoms with van der Waals surface area (Å²) in [6.45, 7) is 3.00. The predicted octanol–water partition coefficient (Wildman–Crippen LogP) is 3.05. The van der Waals surface area contributed by atoms with Crippen LogP contribution in [0.3, 0.4) is 0 Å². The van der Waals surface area contributed by atoms with Crippen molar-refractivity contribution >= 4 is 34.9 Å². The minimum Gasteiger partial charge on any atom is -0.480 e. The highest BCUT2D eigenvalue weighted by molar-refractivity contribution is 6.31. The lowest BCUT2D eigenvalue weighted by Crippen LogP contribution is -2.31. The third-order valence-electron chi connectivity index (χ3n) is 3.44. The fraction of sp³-hybridized carbons (Fsp3) is 0.167. The summed E-state index contributed by atoms with van der Waals surface area (Å²) in [6.07, 6.45) is -0.883. The van der Waals surface area contributed by atoms with Crippen LogP contribution in [0.15, 0.2) is 42.5 Å². The summed E-state index contributed by atoms with van der Waals surface area (Å²) >= 11 is 5.84. The van der Waals surface area contributed by atoms with Gasteiger partial charge in [0.15, 0.2) is 11.9 Å². The third-order valence-corrected chi connectivity index (χ3v) is 3.67. The van der Waals surface area contributed by atoms with Crippen LogP contribution in [0.1, 0.15) is 34.6 Å². The number of ketones is 1. The third kappa shape index (κ3) is 4.81. The molecule has 6 nitrogen and oxygen atoms in total. The number of primary amides is 1. The van der Waals surface area contributed by atoms with E-state index >= 15 is 0 Å². The molecule has 0 heterocycles. The Bertz CT molecular complexity index is 818. The largest absolute Gasteiger partial charge is 0.480 e. The summed E-state index contributed by atoms with van der Waals surface area (Å²) in [4.78, 5) is 34.9. The molecule has 0 aromatic heterocycles. The van der Waals surface area contributed by atoms with Crippen molar-refractivity contribution in [1.82, 2.24) is 0 Å². The molecule has 7 heteroatoms. The van der Waals surface area contributed by atoms with Gasteiger partial charge in [0, 0.05) is 16.3 Å². The van der Waals surface area contributed by atoms with E-state index in [9.17, 15) is 14.4 Å². The van der Waals surface area contributed by atoms with Crippen molar-refractivity contribution in [2.45, 2.75) is 20.0 Å². The second-order valence-electron chi connectivity index (χ2n) is 5.39. The van der Waals surface area contributed by atoms with Crippen LogP contribution < -0.4 is 15.8 Å². The van der Waals surface area contributed by atoms with Gasteiger partial charge in [0.1, 0.15) is 5.75 Å². The molecular formula is C18H17ClN2O4. The summed E-state index contributed by atoms with van der Waals surface area (Å²) in [5.74, 6) is -1.01. The Morgan fingerprint density at radius 3 is 2.32 bits per heavy atom. The second-order valence-corrected chi connectivity index (χ2v) is 5.82. The molecular weight excluding hydrogens is 344 g/mol. The fourth-order valence-electron chi connectivity index (χ4n) is 2.07. The highest BCUT2D eigenvalue weighted by Crippen LogP contribution is 2.24. The number of carbonyl (C=O) groups is 3. The van der Waals surface area contributed by atoms with E-state index in [1.165, 1.54) is 25.1 Å². The van der Waals surface area contributed by atoms with E-state index < -0.39 is 17.9 Å². The van der Waals surface area contributed by atoms with E-state index in [2.05, 4.69) is 5.32 Å². The highest BCUT2D eigenvalue weighted by atomic mass is 35.5. The molecule has 25 heavy (non-hydrogen) atoms. The van der Waals surface area contributed by atoms with Crippen LogP contribution in [-0.2, 0) is 4.79 Å². The molecule has 1 unspecified atom stereocenters. The average molecular weight is 361 g/mol. The molecule has 0 aliphatic carbocycles. The first kappa shape index (κ1) is 18.5. The lowest BCUT2D eigenvalue weighted by Gasteiger charge is -2.16. The number of nitrogens with two attached hydrogens (primary N) is 1. The van der Waals surface area contributed by atoms with Crippen LogP contribution in [0.5, 0.6) is 5.75 Å². The van der Waals surface area contributed by atoms with Crippen LogP contribution >= 0.6 is 11.6 Å². The van der Waals surface area contributed by atoms with Crippen LogP contribution in [-0.4, -0.2) is 23.7 Å². The molecule has 130 valence electrons. The maximum Gasteiger partial charge on any atom is 0.265 e. The van der Waals surface area contributed by atoms with Gasteiger partial charge in [-0.1, -0.05) is 11.6 Å². The van der Waals surface area contributed by atoms with Gasteiger partial charge < -0.3 is 15.8 Å². The van der Waals surface area contributed by atoms with Crippen LogP contribution in [0.25, 0.3) is 0 Å². The zero-order chi connectivity index (χ0) is 18.6. The molecule has 2 aromatic carbocycles. The normalized spacial score (nSPS) is 11.5. The van der Waals surface area contributed by atoms with Crippen molar-refractivity contribution in [2.24, 2.45) is 5.73 Å². The standard InChI is InChI=1S/C18H17ClN2O4/c1-10(22)12-3-6-14(7-4-12)21-18(24)11(2)25-16-8-5-13(19)9-15(16)17(20)23/h3-9,11H,1-2H3,(H2,20,23)(H,21,24). The summed E-state index contributed by atoms with van der Waals surface area (Å²) in [5.41, 5.74) is 6.46. The van der Waals surface area contributed by atoms with Crippen LogP contribution in [0, 0.1) is 0 Å². The fourth-order valence-corrected chi connectivity index (χ4v) is 2.25. The van der Waals surface area contributed by atoms with Crippen LogP contribution in [0.4, 0.5) is 5.69 Å². The molecule has 1 atom stereocenters. The first-order valence-electron chi connectivity index (χ1n) is 7.46. The zero-order valence-electron chi connectivity index (χ0n) is 13.7. The number of carbonyl (C=O) groups excluding carboxylic acids is 3. The van der Waals surface area contributed by atoms with Gasteiger partial charge in [-0.05, 0) is 56.3 Å². The molecule has 0 saturated heterocycles. The molecule has 0 radical (unpaired) electrons. The Kier molecular flexibility index (Phi) is 5.77. The van der Waals surface area contributed by atoms with Gasteiger partial charge >= 0.3 is 0 Å². The Labute approximate surface area is 149 Å². The smallest absolute Gasteiger partial charge is 0.265 e. The molecule has 0 spiro atoms. The van der Waals surface area contributed by atoms with E-state index in [0.29, 0.717) is 16.3 Å². The van der Waals surface area contributed by atoms with Gasteiger partial charge in [0.05, 0.1) is 5.56 Å². The maximum absolute atomic E-state index is 12.2. The van der Waals surface area contributed by atoms with Gasteiger partial charge in [-0.25, -0.2) is 0 Å². The van der Waals surface area contributed by atoms with Crippen molar-refractivity contribution in [3.8, 4) is 5.75 Å². The monoisotopic (exact) mass is 360 g/mol. The number of Topliss-reactive ketones (excluding diaryl/α,β-unsaturated/α-hetero) is 1. The number of hydrogen-bond donors (Lipinski definition) is 2. The Morgan fingerprint density at radius 1 is 1.12 bits per heavy atom. The molecule has 0 fully saturated rings. The van der Waals surface area contributed by atoms with E-state index in [-0.39, 0.29) is 17.1 Å². The van der Waals surface area contributed by atoms with Crippen molar-refractivity contribution in [3.63, 3.8) is 0 Å². The van der Waals surface area contributed by atoms with Crippen molar-refractivity contribution in [2.75, 3.05) is 5.32 Å². The SMILES string of the molecule is CC(=O)c1ccc(NC(=O)C(C)Oc2ccc(Cl)cc2C(N)=O)cc1. The minimum absolute atomic E-state index is 0.0590. The van der Waals surface area contributed by atoms with Crippen molar-refractivity contribution in [1.29, 1.82) is 0 Å². The van der Waals surface area contributed by atoms with Gasteiger partial charge in [0.2, 0.25) is 0 Å². The summed E-state index contributed by atoms with van der Waals surface area (Å²) in [6, 6.07) is 10.9. The van der Waals surface area contributed by atoms with Crippen LogP contribution in [0.2, 0.25) is 5.02 Å². The molecule has 0 aliphatic rings. The predicted molar refractivity (Wildman–Crippen MR) is 95.1 cm³/mol. The van der Waals surface area contributed by atoms with E-state index in [0.717, 1.165) is 0 Å². The number of nitrogens with one attached hydrogen (secondary N) is 1. The summed E-state index contributed by atoms with van der Waals surface area (Å²) in [5, 5.41) is 3.01. The number of benzene rings is 2. The summed E-state index contributed by atoms with van der Waals surface area (Å²) < 4.78 is 5.53. The molecule has 2 amide bonds. The number of anilines is 1. The number of hydrogen-bond acceptors (Lipinski definition) is 4. The van der Waals surface area contributed by atoms with Gasteiger partial charge in [-0.15, -0.1) is 0 Å². The first-order chi connectivity index (χ1) is 11.8. The van der Waals surface area contributed by atoms with Gasteiger partial charge in [0.25, 0.3) is 11.8 Å². The Morgan fingerprint density at radius 2 is 1.76 bits per heavy atom. The van der Waals surface area contributed by atoms with Gasteiger partial charge in [-0.2, -0.15) is 0 Å². The lowest BCUT2D eigenvalue weighted by atomic mass is 10.1. The van der Waals surface area contributed by atoms with Crippen molar-refractivity contribution < 1.29 is 19.1 Å². The molecule has 0 saturated carbocycles. The topological polar surface area (TPSA) is 98.5 Å². The van der Waals surface area contributed by atoms with E-state index in [1.807, 2.05) is 0 Å². The summed E-state index contributed by atoms with van der Waals surface area (Å²) in [7, 11) is 0. The Hall–Kier alpha value is -2.86. The molecule has 3 N–H and O–H groups in total. The lowest BCUT2D eigenvalue weighted by molar-refractivity contribution is -0.122. The number of rotatable bonds is 6. The van der Waals surface area contributed by atoms with E-state index in [1.54, 1.807) is 31.2 Å². The zero-order valence-corrected chi connectivity index (χ0v) is 14.5. The number of ether oxygens (including phenoxy) is 1.